The van der Waals surface area contributed by atoms with Crippen LogP contribution >= 0.6 is 0 Å². The highest BCUT2D eigenvalue weighted by molar-refractivity contribution is 5.78. The summed E-state index contributed by atoms with van der Waals surface area (Å²) < 4.78 is 4.89. The van der Waals surface area contributed by atoms with Gasteiger partial charge in [-0.25, -0.2) is 0 Å². The van der Waals surface area contributed by atoms with Gasteiger partial charge in [0.05, 0.1) is 29.3 Å². The van der Waals surface area contributed by atoms with Gasteiger partial charge in [-0.2, -0.15) is 15.0 Å². The minimum atomic E-state index is 0.284. The molecular formula is C12H11N5O. The second kappa shape index (κ2) is 3.99. The number of nitrogens with two attached hydrogens (primary N) is 1. The maximum Gasteiger partial charge on any atom is 0.230 e. The van der Waals surface area contributed by atoms with E-state index in [-0.39, 0.29) is 5.88 Å². The normalized spacial score (nSPS) is 10.7. The number of nitrogens with zero attached hydrogens (tertiary/aromatic N) is 4. The van der Waals surface area contributed by atoms with E-state index in [9.17, 15) is 0 Å². The lowest BCUT2D eigenvalue weighted by Gasteiger charge is -2.06. The first-order chi connectivity index (χ1) is 8.75. The molecule has 0 saturated carbocycles. The molecule has 0 atom stereocenters. The summed E-state index contributed by atoms with van der Waals surface area (Å²) in [7, 11) is 0. The molecule has 6 heteroatoms. The second-order valence-corrected chi connectivity index (χ2v) is 3.90. The van der Waals surface area contributed by atoms with Gasteiger partial charge >= 0.3 is 0 Å². The largest absolute Gasteiger partial charge is 0.367 e. The average Bonchev–Trinajstić information content (AvgIpc) is 2.98. The van der Waals surface area contributed by atoms with Crippen LogP contribution in [0.1, 0.15) is 5.69 Å². The molecule has 1 aromatic carbocycles. The number of anilines is 1. The topological polar surface area (TPSA) is 82.8 Å². The van der Waals surface area contributed by atoms with Crippen LogP contribution < -0.4 is 5.73 Å². The minimum absolute atomic E-state index is 0.284. The van der Waals surface area contributed by atoms with E-state index in [4.69, 9.17) is 10.3 Å². The Morgan fingerprint density at radius 3 is 2.67 bits per heavy atom. The fourth-order valence-electron chi connectivity index (χ4n) is 1.78. The van der Waals surface area contributed by atoms with Gasteiger partial charge in [0.1, 0.15) is 0 Å². The third kappa shape index (κ3) is 1.64. The Bertz CT molecular complexity index is 685. The molecule has 0 unspecified atom stereocenters. The van der Waals surface area contributed by atoms with Crippen LogP contribution in [0.25, 0.3) is 16.8 Å². The predicted molar refractivity (Wildman–Crippen MR) is 66.0 cm³/mol. The van der Waals surface area contributed by atoms with E-state index in [1.165, 1.54) is 0 Å². The van der Waals surface area contributed by atoms with E-state index in [1.54, 1.807) is 17.2 Å². The molecule has 0 aliphatic rings. The highest BCUT2D eigenvalue weighted by Crippen LogP contribution is 2.30. The standard InChI is InChI=1S/C12H11N5O/c1-8-6-14-17(16-8)11-5-3-2-4-9(11)10-7-15-18-12(10)13/h2-7H,13H2,1H3. The Balaban J connectivity index is 2.20. The van der Waals surface area contributed by atoms with Crippen molar-refractivity contribution in [3.05, 3.63) is 42.4 Å². The Morgan fingerprint density at radius 2 is 2.00 bits per heavy atom. The van der Waals surface area contributed by atoms with Crippen molar-refractivity contribution < 1.29 is 4.52 Å². The van der Waals surface area contributed by atoms with Crippen molar-refractivity contribution in [1.29, 1.82) is 0 Å². The van der Waals surface area contributed by atoms with Gasteiger partial charge in [-0.15, -0.1) is 0 Å². The van der Waals surface area contributed by atoms with Gasteiger partial charge in [0.2, 0.25) is 5.88 Å². The van der Waals surface area contributed by atoms with Crippen molar-refractivity contribution in [2.45, 2.75) is 6.92 Å². The number of aromatic nitrogens is 4. The number of aryl methyl sites for hydroxylation is 1. The lowest BCUT2D eigenvalue weighted by atomic mass is 10.1. The number of nitrogen functional groups attached to an aromatic ring is 1. The van der Waals surface area contributed by atoms with Gasteiger partial charge in [-0.3, -0.25) is 0 Å². The van der Waals surface area contributed by atoms with Crippen molar-refractivity contribution in [2.24, 2.45) is 0 Å². The summed E-state index contributed by atoms with van der Waals surface area (Å²) in [6.07, 6.45) is 3.29. The van der Waals surface area contributed by atoms with E-state index in [1.807, 2.05) is 31.2 Å². The van der Waals surface area contributed by atoms with Gasteiger partial charge in [0, 0.05) is 5.56 Å². The summed E-state index contributed by atoms with van der Waals surface area (Å²) in [5, 5.41) is 12.2. The average molecular weight is 241 g/mol. The molecule has 6 nitrogen and oxygen atoms in total. The van der Waals surface area contributed by atoms with Crippen molar-refractivity contribution in [3.63, 3.8) is 0 Å². The number of hydrogen-bond acceptors (Lipinski definition) is 5. The maximum absolute atomic E-state index is 5.75. The number of benzene rings is 1. The summed E-state index contributed by atoms with van der Waals surface area (Å²) in [6.45, 7) is 1.89. The van der Waals surface area contributed by atoms with Crippen LogP contribution in [0.15, 0.2) is 41.2 Å². The summed E-state index contributed by atoms with van der Waals surface area (Å²) >= 11 is 0. The Kier molecular flexibility index (Phi) is 2.33. The second-order valence-electron chi connectivity index (χ2n) is 3.90. The van der Waals surface area contributed by atoms with Crippen molar-refractivity contribution >= 4 is 5.88 Å². The zero-order chi connectivity index (χ0) is 12.5. The minimum Gasteiger partial charge on any atom is -0.367 e. The lowest BCUT2D eigenvalue weighted by molar-refractivity contribution is 0.436. The molecule has 0 amide bonds. The summed E-state index contributed by atoms with van der Waals surface area (Å²) in [5.74, 6) is 0.284. The molecule has 0 radical (unpaired) electrons. The quantitative estimate of drug-likeness (QED) is 0.739. The van der Waals surface area contributed by atoms with Gasteiger partial charge < -0.3 is 10.3 Å². The Morgan fingerprint density at radius 1 is 1.17 bits per heavy atom. The Hall–Kier alpha value is -2.63. The fourth-order valence-corrected chi connectivity index (χ4v) is 1.78. The first-order valence-electron chi connectivity index (χ1n) is 5.44. The van der Waals surface area contributed by atoms with Crippen molar-refractivity contribution in [3.8, 4) is 16.8 Å². The van der Waals surface area contributed by atoms with Crippen LogP contribution in [0.3, 0.4) is 0 Å². The summed E-state index contributed by atoms with van der Waals surface area (Å²) in [5.41, 5.74) is 9.05. The summed E-state index contributed by atoms with van der Waals surface area (Å²) in [4.78, 5) is 1.57. The van der Waals surface area contributed by atoms with Gasteiger partial charge in [-0.05, 0) is 13.0 Å². The van der Waals surface area contributed by atoms with Crippen LogP contribution in [-0.4, -0.2) is 20.2 Å². The van der Waals surface area contributed by atoms with E-state index in [2.05, 4.69) is 15.4 Å². The van der Waals surface area contributed by atoms with Crippen LogP contribution in [-0.2, 0) is 0 Å². The number of rotatable bonds is 2. The predicted octanol–water partition coefficient (Wildman–Crippen LogP) is 1.81. The zero-order valence-corrected chi connectivity index (χ0v) is 9.74. The van der Waals surface area contributed by atoms with Crippen LogP contribution in [0.4, 0.5) is 5.88 Å². The third-order valence-corrected chi connectivity index (χ3v) is 2.61. The number of hydrogen-bond donors (Lipinski definition) is 1. The van der Waals surface area contributed by atoms with Crippen LogP contribution in [0.2, 0.25) is 0 Å². The molecule has 2 heterocycles. The van der Waals surface area contributed by atoms with Crippen molar-refractivity contribution in [1.82, 2.24) is 20.2 Å². The first-order valence-corrected chi connectivity index (χ1v) is 5.44. The molecule has 2 aromatic heterocycles. The monoisotopic (exact) mass is 241 g/mol. The maximum atomic E-state index is 5.75. The summed E-state index contributed by atoms with van der Waals surface area (Å²) in [6, 6.07) is 7.68. The molecule has 0 saturated heterocycles. The van der Waals surface area contributed by atoms with Gasteiger partial charge in [-0.1, -0.05) is 23.4 Å². The molecule has 0 fully saturated rings. The van der Waals surface area contributed by atoms with E-state index in [0.717, 1.165) is 22.5 Å². The van der Waals surface area contributed by atoms with Gasteiger partial charge in [0.15, 0.2) is 0 Å². The van der Waals surface area contributed by atoms with E-state index in [0.29, 0.717) is 0 Å². The molecule has 3 aromatic rings. The molecule has 0 spiro atoms. The molecule has 3 rings (SSSR count). The molecule has 0 aliphatic carbocycles. The van der Waals surface area contributed by atoms with Crippen LogP contribution in [0.5, 0.6) is 0 Å². The third-order valence-electron chi connectivity index (χ3n) is 2.61. The fraction of sp³-hybridized carbons (Fsp3) is 0.0833. The van der Waals surface area contributed by atoms with E-state index >= 15 is 0 Å². The smallest absolute Gasteiger partial charge is 0.230 e. The molecule has 0 aliphatic heterocycles. The molecule has 2 N–H and O–H groups in total. The first kappa shape index (κ1) is 10.5. The highest BCUT2D eigenvalue weighted by Gasteiger charge is 2.13. The molecule has 0 bridgehead atoms. The molecular weight excluding hydrogens is 230 g/mol. The molecule has 90 valence electrons. The Labute approximate surface area is 103 Å². The molecule has 18 heavy (non-hydrogen) atoms. The SMILES string of the molecule is Cc1cnn(-c2ccccc2-c2cnoc2N)n1. The van der Waals surface area contributed by atoms with Crippen molar-refractivity contribution in [2.75, 3.05) is 5.73 Å². The highest BCUT2D eigenvalue weighted by atomic mass is 16.5. The van der Waals surface area contributed by atoms with Crippen LogP contribution in [0, 0.1) is 6.92 Å². The van der Waals surface area contributed by atoms with Gasteiger partial charge in [0.25, 0.3) is 0 Å². The van der Waals surface area contributed by atoms with E-state index < -0.39 is 0 Å². The zero-order valence-electron chi connectivity index (χ0n) is 9.74. The lowest BCUT2D eigenvalue weighted by Crippen LogP contribution is -2.01. The number of para-hydroxylation sites is 1.